The number of aryl methyl sites for hydroxylation is 2. The molecule has 1 saturated heterocycles. The number of piperidine rings is 1. The van der Waals surface area contributed by atoms with Gasteiger partial charge in [-0.15, -0.1) is 13.2 Å². The lowest BCUT2D eigenvalue weighted by Gasteiger charge is -2.34. The first-order valence-corrected chi connectivity index (χ1v) is 13.9. The average Bonchev–Trinajstić information content (AvgIpc) is 3.17. The molecule has 0 saturated carbocycles. The molecular weight excluding hydrogens is 537 g/mol. The van der Waals surface area contributed by atoms with Crippen LogP contribution in [-0.4, -0.2) is 68.2 Å². The number of hydrogen-bond donors (Lipinski definition) is 1. The normalized spacial score (nSPS) is 17.6. The Hall–Kier alpha value is -3.45. The van der Waals surface area contributed by atoms with Gasteiger partial charge in [-0.2, -0.15) is 0 Å². The van der Waals surface area contributed by atoms with Gasteiger partial charge in [-0.3, -0.25) is 14.6 Å². The van der Waals surface area contributed by atoms with Gasteiger partial charge < -0.3 is 15.0 Å². The molecular formula is C26H29F3N4O5S. The van der Waals surface area contributed by atoms with E-state index in [1.807, 2.05) is 19.1 Å². The van der Waals surface area contributed by atoms with Crippen molar-refractivity contribution in [3.05, 3.63) is 59.2 Å². The van der Waals surface area contributed by atoms with Gasteiger partial charge in [-0.05, 0) is 61.6 Å². The summed E-state index contributed by atoms with van der Waals surface area (Å²) < 4.78 is 69.3. The van der Waals surface area contributed by atoms with Crippen molar-refractivity contribution in [3.63, 3.8) is 0 Å². The third kappa shape index (κ3) is 6.41. The number of nitrogens with one attached hydrogen (secondary N) is 1. The lowest BCUT2D eigenvalue weighted by Crippen LogP contribution is -2.50. The smallest absolute Gasteiger partial charge is 0.406 e. The minimum atomic E-state index is -4.86. The van der Waals surface area contributed by atoms with Gasteiger partial charge in [0, 0.05) is 38.3 Å². The summed E-state index contributed by atoms with van der Waals surface area (Å²) in [4.78, 5) is 30.5. The summed E-state index contributed by atoms with van der Waals surface area (Å²) in [5.41, 5.74) is 1.48. The van der Waals surface area contributed by atoms with Crippen molar-refractivity contribution in [1.29, 1.82) is 0 Å². The van der Waals surface area contributed by atoms with Gasteiger partial charge in [-0.25, -0.2) is 12.7 Å². The first kappa shape index (κ1) is 28.6. The lowest BCUT2D eigenvalue weighted by atomic mass is 9.89. The second-order valence-corrected chi connectivity index (χ2v) is 11.8. The Labute approximate surface area is 224 Å². The Morgan fingerprint density at radius 3 is 2.51 bits per heavy atom. The second-order valence-electron chi connectivity index (χ2n) is 9.68. The predicted octanol–water partition coefficient (Wildman–Crippen LogP) is 3.16. The fourth-order valence-electron chi connectivity index (χ4n) is 4.65. The van der Waals surface area contributed by atoms with Crippen LogP contribution in [0.1, 0.15) is 36.5 Å². The highest BCUT2D eigenvalue weighted by molar-refractivity contribution is 7.89. The number of carbonyl (C=O) groups is 2. The van der Waals surface area contributed by atoms with Gasteiger partial charge in [0.05, 0.1) is 5.75 Å². The Morgan fingerprint density at radius 1 is 1.18 bits per heavy atom. The van der Waals surface area contributed by atoms with Crippen molar-refractivity contribution in [2.75, 3.05) is 30.8 Å². The van der Waals surface area contributed by atoms with Crippen molar-refractivity contribution in [2.45, 2.75) is 45.0 Å². The SMILES string of the molecule is CC(=O)N(C)c1ccc(C)c(CCS(=O)(=O)N2CCC3(CC2)N=C(c2cccc(OC(F)(F)F)c2)NC3=O)c1. The highest BCUT2D eigenvalue weighted by Gasteiger charge is 2.47. The molecule has 0 bridgehead atoms. The van der Waals surface area contributed by atoms with Crippen molar-refractivity contribution >= 4 is 33.4 Å². The summed E-state index contributed by atoms with van der Waals surface area (Å²) in [6.45, 7) is 3.49. The molecule has 0 aliphatic carbocycles. The third-order valence-corrected chi connectivity index (χ3v) is 8.96. The number of halogens is 3. The van der Waals surface area contributed by atoms with Gasteiger partial charge in [0.25, 0.3) is 5.91 Å². The molecule has 2 aromatic carbocycles. The molecule has 0 radical (unpaired) electrons. The number of alkyl halides is 3. The van der Waals surface area contributed by atoms with E-state index in [2.05, 4.69) is 15.0 Å². The summed E-state index contributed by atoms with van der Waals surface area (Å²) in [6.07, 6.45) is -4.32. The van der Waals surface area contributed by atoms with E-state index >= 15 is 0 Å². The first-order valence-electron chi connectivity index (χ1n) is 12.3. The molecule has 0 aromatic heterocycles. The molecule has 4 rings (SSSR count). The number of sulfonamides is 1. The zero-order chi connectivity index (χ0) is 28.6. The van der Waals surface area contributed by atoms with Crippen molar-refractivity contribution < 1.29 is 35.9 Å². The van der Waals surface area contributed by atoms with Crippen LogP contribution in [0.4, 0.5) is 18.9 Å². The largest absolute Gasteiger partial charge is 0.573 e. The van der Waals surface area contributed by atoms with Crippen LogP contribution in [0.25, 0.3) is 0 Å². The number of rotatable bonds is 7. The monoisotopic (exact) mass is 566 g/mol. The third-order valence-electron chi connectivity index (χ3n) is 7.09. The molecule has 39 heavy (non-hydrogen) atoms. The molecule has 2 amide bonds. The van der Waals surface area contributed by atoms with E-state index in [1.54, 1.807) is 13.1 Å². The van der Waals surface area contributed by atoms with E-state index in [0.717, 1.165) is 23.3 Å². The number of hydrogen-bond acceptors (Lipinski definition) is 6. The topological polar surface area (TPSA) is 108 Å². The average molecular weight is 567 g/mol. The molecule has 0 unspecified atom stereocenters. The molecule has 2 aliphatic rings. The van der Waals surface area contributed by atoms with Crippen LogP contribution >= 0.6 is 0 Å². The maximum absolute atomic E-state index is 13.1. The zero-order valence-corrected chi connectivity index (χ0v) is 22.5. The van der Waals surface area contributed by atoms with Gasteiger partial charge in [0.15, 0.2) is 0 Å². The molecule has 9 nitrogen and oxygen atoms in total. The van der Waals surface area contributed by atoms with Crippen LogP contribution in [0.5, 0.6) is 5.75 Å². The van der Waals surface area contributed by atoms with Crippen LogP contribution in [-0.2, 0) is 26.0 Å². The van der Waals surface area contributed by atoms with Crippen LogP contribution in [0.2, 0.25) is 0 Å². The van der Waals surface area contributed by atoms with E-state index in [1.165, 1.54) is 28.3 Å². The Bertz CT molecular complexity index is 1420. The van der Waals surface area contributed by atoms with Crippen molar-refractivity contribution in [2.24, 2.45) is 4.99 Å². The zero-order valence-electron chi connectivity index (χ0n) is 21.7. The molecule has 2 aromatic rings. The summed E-state index contributed by atoms with van der Waals surface area (Å²) in [7, 11) is -2.00. The molecule has 13 heteroatoms. The number of aliphatic imine (C=N–C) groups is 1. The van der Waals surface area contributed by atoms with Gasteiger partial charge in [-0.1, -0.05) is 18.2 Å². The maximum Gasteiger partial charge on any atom is 0.573 e. The minimum absolute atomic E-state index is 0.0792. The molecule has 1 spiro atoms. The number of amidine groups is 1. The molecule has 1 fully saturated rings. The number of anilines is 1. The first-order chi connectivity index (χ1) is 18.2. The van der Waals surface area contributed by atoms with E-state index in [9.17, 15) is 31.2 Å². The Kier molecular flexibility index (Phi) is 7.77. The Morgan fingerprint density at radius 2 is 1.87 bits per heavy atom. The predicted molar refractivity (Wildman–Crippen MR) is 139 cm³/mol. The van der Waals surface area contributed by atoms with Crippen LogP contribution in [0.3, 0.4) is 0 Å². The fraction of sp³-hybridized carbons (Fsp3) is 0.423. The van der Waals surface area contributed by atoms with Gasteiger partial charge in [0.2, 0.25) is 15.9 Å². The quantitative estimate of drug-likeness (QED) is 0.554. The number of nitrogens with zero attached hydrogens (tertiary/aromatic N) is 3. The molecule has 2 heterocycles. The lowest BCUT2D eigenvalue weighted by molar-refractivity contribution is -0.274. The number of carbonyl (C=O) groups excluding carboxylic acids is 2. The fourth-order valence-corrected chi connectivity index (χ4v) is 6.13. The molecule has 2 aliphatic heterocycles. The molecule has 210 valence electrons. The number of amides is 2. The van der Waals surface area contributed by atoms with Gasteiger partial charge in [0.1, 0.15) is 17.1 Å². The van der Waals surface area contributed by atoms with Crippen LogP contribution < -0.4 is 15.0 Å². The van der Waals surface area contributed by atoms with Crippen molar-refractivity contribution in [1.82, 2.24) is 9.62 Å². The second kappa shape index (κ2) is 10.6. The maximum atomic E-state index is 13.1. The molecule has 0 atom stereocenters. The minimum Gasteiger partial charge on any atom is -0.406 e. The van der Waals surface area contributed by atoms with Crippen molar-refractivity contribution in [3.8, 4) is 5.75 Å². The van der Waals surface area contributed by atoms with Crippen LogP contribution in [0, 0.1) is 6.92 Å². The standard InChI is InChI=1S/C26H29F3N4O5S/c1-17-7-8-21(32(3)18(2)34)15-19(17)9-14-39(36,37)33-12-10-25(11-13-33)24(35)30-23(31-25)20-5-4-6-22(16-20)38-26(27,28)29/h4-8,15-16H,9-14H2,1-3H3,(H,30,31,35). The highest BCUT2D eigenvalue weighted by atomic mass is 32.2. The number of ether oxygens (including phenoxy) is 1. The number of benzene rings is 2. The van der Waals surface area contributed by atoms with Crippen LogP contribution in [0.15, 0.2) is 47.5 Å². The summed E-state index contributed by atoms with van der Waals surface area (Å²) >= 11 is 0. The summed E-state index contributed by atoms with van der Waals surface area (Å²) in [5, 5.41) is 2.63. The van der Waals surface area contributed by atoms with E-state index < -0.39 is 33.6 Å². The molecule has 1 N–H and O–H groups in total. The Balaban J connectivity index is 1.43. The van der Waals surface area contributed by atoms with E-state index in [0.29, 0.717) is 5.69 Å². The summed E-state index contributed by atoms with van der Waals surface area (Å²) in [5.74, 6) is -1.01. The van der Waals surface area contributed by atoms with E-state index in [4.69, 9.17) is 0 Å². The summed E-state index contributed by atoms with van der Waals surface area (Å²) in [6, 6.07) is 10.6. The van der Waals surface area contributed by atoms with E-state index in [-0.39, 0.29) is 55.4 Å². The highest BCUT2D eigenvalue weighted by Crippen LogP contribution is 2.33. The van der Waals surface area contributed by atoms with Gasteiger partial charge >= 0.3 is 6.36 Å².